The second-order valence-electron chi connectivity index (χ2n) is 5.80. The van der Waals surface area contributed by atoms with E-state index in [-0.39, 0.29) is 17.2 Å². The first-order valence-corrected chi connectivity index (χ1v) is 8.06. The van der Waals surface area contributed by atoms with E-state index >= 15 is 0 Å². The van der Waals surface area contributed by atoms with Crippen molar-refractivity contribution in [3.05, 3.63) is 88.6 Å². The van der Waals surface area contributed by atoms with Crippen LogP contribution < -0.4 is 10.9 Å². The Morgan fingerprint density at radius 3 is 2.69 bits per heavy atom. The molecule has 7 heteroatoms. The summed E-state index contributed by atoms with van der Waals surface area (Å²) in [6.45, 7) is 0.552. The lowest BCUT2D eigenvalue weighted by molar-refractivity contribution is 0.102. The van der Waals surface area contributed by atoms with Crippen LogP contribution in [0.4, 0.5) is 5.95 Å². The minimum Gasteiger partial charge on any atom is -0.317 e. The second kappa shape index (κ2) is 6.64. The van der Waals surface area contributed by atoms with E-state index in [1.54, 1.807) is 35.3 Å². The Morgan fingerprint density at radius 2 is 1.85 bits per heavy atom. The number of nitrogens with zero attached hydrogens (tertiary/aromatic N) is 3. The van der Waals surface area contributed by atoms with E-state index < -0.39 is 5.91 Å². The molecule has 2 aromatic heterocycles. The standard InChI is InChI=1S/C19H15N5O2/c25-17-15-9-5-4-8-14(15)10-16(21-17)18(26)22-19-20-12-24(23-19)11-13-6-2-1-3-7-13/h1-10,12H,11H2,(H,21,25)(H,22,23,26). The highest BCUT2D eigenvalue weighted by molar-refractivity contribution is 6.03. The molecule has 0 radical (unpaired) electrons. The number of carbonyl (C=O) groups is 1. The van der Waals surface area contributed by atoms with E-state index in [4.69, 9.17) is 0 Å². The Bertz CT molecular complexity index is 1130. The summed E-state index contributed by atoms with van der Waals surface area (Å²) in [5.74, 6) is -0.287. The Kier molecular flexibility index (Phi) is 4.03. The molecule has 0 bridgehead atoms. The van der Waals surface area contributed by atoms with Gasteiger partial charge >= 0.3 is 0 Å². The number of benzene rings is 2. The van der Waals surface area contributed by atoms with Gasteiger partial charge in [0.2, 0.25) is 5.95 Å². The molecule has 2 aromatic carbocycles. The summed E-state index contributed by atoms with van der Waals surface area (Å²) in [6.07, 6.45) is 1.55. The minimum absolute atomic E-state index is 0.160. The van der Waals surface area contributed by atoms with Crippen LogP contribution in [0.2, 0.25) is 0 Å². The first-order valence-electron chi connectivity index (χ1n) is 8.06. The second-order valence-corrected chi connectivity index (χ2v) is 5.80. The van der Waals surface area contributed by atoms with Crippen molar-refractivity contribution in [2.45, 2.75) is 6.54 Å². The van der Waals surface area contributed by atoms with Gasteiger partial charge in [0.25, 0.3) is 11.5 Å². The van der Waals surface area contributed by atoms with Gasteiger partial charge in [-0.3, -0.25) is 14.9 Å². The maximum absolute atomic E-state index is 12.4. The van der Waals surface area contributed by atoms with Crippen LogP contribution in [0.15, 0.2) is 71.8 Å². The van der Waals surface area contributed by atoms with E-state index in [9.17, 15) is 9.59 Å². The average Bonchev–Trinajstić information content (AvgIpc) is 3.09. The summed E-state index contributed by atoms with van der Waals surface area (Å²) in [5, 5.41) is 8.08. The van der Waals surface area contributed by atoms with Gasteiger partial charge in [0, 0.05) is 5.39 Å². The zero-order valence-corrected chi connectivity index (χ0v) is 13.7. The van der Waals surface area contributed by atoms with Crippen LogP contribution in [0.5, 0.6) is 0 Å². The average molecular weight is 345 g/mol. The van der Waals surface area contributed by atoms with Gasteiger partial charge < -0.3 is 4.98 Å². The van der Waals surface area contributed by atoms with Crippen LogP contribution in [0.3, 0.4) is 0 Å². The molecular formula is C19H15N5O2. The topological polar surface area (TPSA) is 92.7 Å². The van der Waals surface area contributed by atoms with Crippen molar-refractivity contribution in [2.75, 3.05) is 5.32 Å². The van der Waals surface area contributed by atoms with E-state index in [0.29, 0.717) is 17.3 Å². The van der Waals surface area contributed by atoms with Crippen molar-refractivity contribution in [1.82, 2.24) is 19.7 Å². The SMILES string of the molecule is O=C(Nc1ncn(Cc2ccccc2)n1)c1cc2ccccc2c(=O)[nH]1. The molecule has 2 N–H and O–H groups in total. The fourth-order valence-corrected chi connectivity index (χ4v) is 2.70. The highest BCUT2D eigenvalue weighted by atomic mass is 16.2. The summed E-state index contributed by atoms with van der Waals surface area (Å²) < 4.78 is 1.63. The molecule has 1 amide bonds. The van der Waals surface area contributed by atoms with Crippen molar-refractivity contribution < 1.29 is 4.79 Å². The van der Waals surface area contributed by atoms with Gasteiger partial charge in [-0.05, 0) is 23.1 Å². The molecule has 7 nitrogen and oxygen atoms in total. The molecular weight excluding hydrogens is 330 g/mol. The Labute approximate surface area is 148 Å². The number of anilines is 1. The van der Waals surface area contributed by atoms with E-state index in [1.807, 2.05) is 36.4 Å². The molecule has 0 saturated carbocycles. The molecule has 0 aliphatic rings. The molecule has 128 valence electrons. The van der Waals surface area contributed by atoms with Gasteiger partial charge in [-0.1, -0.05) is 48.5 Å². The number of H-pyrrole nitrogens is 1. The van der Waals surface area contributed by atoms with Gasteiger partial charge in [0.15, 0.2) is 0 Å². The molecule has 0 spiro atoms. The van der Waals surface area contributed by atoms with E-state index in [1.165, 1.54) is 0 Å². The first-order chi connectivity index (χ1) is 12.7. The summed E-state index contributed by atoms with van der Waals surface area (Å²) in [4.78, 5) is 31.2. The molecule has 0 unspecified atom stereocenters. The lowest BCUT2D eigenvalue weighted by Crippen LogP contribution is -2.19. The Morgan fingerprint density at radius 1 is 1.08 bits per heavy atom. The largest absolute Gasteiger partial charge is 0.317 e. The maximum Gasteiger partial charge on any atom is 0.274 e. The monoisotopic (exact) mass is 345 g/mol. The van der Waals surface area contributed by atoms with Crippen LogP contribution >= 0.6 is 0 Å². The zero-order chi connectivity index (χ0) is 17.9. The number of pyridine rings is 1. The molecule has 26 heavy (non-hydrogen) atoms. The zero-order valence-electron chi connectivity index (χ0n) is 13.7. The molecule has 0 aliphatic heterocycles. The number of hydrogen-bond acceptors (Lipinski definition) is 4. The molecule has 0 atom stereocenters. The quantitative estimate of drug-likeness (QED) is 0.594. The van der Waals surface area contributed by atoms with Crippen molar-refractivity contribution >= 4 is 22.6 Å². The van der Waals surface area contributed by atoms with Crippen LogP contribution in [-0.2, 0) is 6.54 Å². The number of amides is 1. The Hall–Kier alpha value is -3.74. The number of carbonyl (C=O) groups excluding carboxylic acids is 1. The van der Waals surface area contributed by atoms with Crippen LogP contribution in [0.1, 0.15) is 16.1 Å². The van der Waals surface area contributed by atoms with E-state index in [0.717, 1.165) is 5.56 Å². The molecule has 2 heterocycles. The van der Waals surface area contributed by atoms with Gasteiger partial charge in [-0.2, -0.15) is 0 Å². The molecule has 0 aliphatic carbocycles. The Balaban J connectivity index is 1.53. The lowest BCUT2D eigenvalue weighted by Gasteiger charge is -2.03. The third-order valence-electron chi connectivity index (χ3n) is 3.95. The summed E-state index contributed by atoms with van der Waals surface area (Å²) >= 11 is 0. The molecule has 4 aromatic rings. The van der Waals surface area contributed by atoms with Crippen LogP contribution in [0.25, 0.3) is 10.8 Å². The maximum atomic E-state index is 12.4. The fourth-order valence-electron chi connectivity index (χ4n) is 2.70. The smallest absolute Gasteiger partial charge is 0.274 e. The fraction of sp³-hybridized carbons (Fsp3) is 0.0526. The third kappa shape index (κ3) is 3.23. The molecule has 0 saturated heterocycles. The highest BCUT2D eigenvalue weighted by Crippen LogP contribution is 2.11. The summed E-state index contributed by atoms with van der Waals surface area (Å²) in [6, 6.07) is 18.5. The first kappa shape index (κ1) is 15.8. The van der Waals surface area contributed by atoms with E-state index in [2.05, 4.69) is 20.4 Å². The number of fused-ring (bicyclic) bond motifs is 1. The number of aromatic nitrogens is 4. The van der Waals surface area contributed by atoms with Crippen LogP contribution in [-0.4, -0.2) is 25.7 Å². The number of aromatic amines is 1. The lowest BCUT2D eigenvalue weighted by atomic mass is 10.1. The van der Waals surface area contributed by atoms with Crippen molar-refractivity contribution in [2.24, 2.45) is 0 Å². The predicted molar refractivity (Wildman–Crippen MR) is 98.1 cm³/mol. The number of hydrogen-bond donors (Lipinski definition) is 2. The van der Waals surface area contributed by atoms with Crippen molar-refractivity contribution in [3.8, 4) is 0 Å². The highest BCUT2D eigenvalue weighted by Gasteiger charge is 2.12. The van der Waals surface area contributed by atoms with Gasteiger partial charge in [-0.15, -0.1) is 5.10 Å². The summed E-state index contributed by atoms with van der Waals surface area (Å²) in [5.41, 5.74) is 0.929. The van der Waals surface area contributed by atoms with Crippen LogP contribution in [0, 0.1) is 0 Å². The normalized spacial score (nSPS) is 10.8. The van der Waals surface area contributed by atoms with Crippen molar-refractivity contribution in [3.63, 3.8) is 0 Å². The molecule has 0 fully saturated rings. The number of nitrogens with one attached hydrogen (secondary N) is 2. The number of rotatable bonds is 4. The third-order valence-corrected chi connectivity index (χ3v) is 3.95. The van der Waals surface area contributed by atoms with Gasteiger partial charge in [0.1, 0.15) is 12.0 Å². The minimum atomic E-state index is -0.467. The van der Waals surface area contributed by atoms with Gasteiger partial charge in [-0.25, -0.2) is 9.67 Å². The van der Waals surface area contributed by atoms with Gasteiger partial charge in [0.05, 0.1) is 6.54 Å². The van der Waals surface area contributed by atoms with Crippen molar-refractivity contribution in [1.29, 1.82) is 0 Å². The predicted octanol–water partition coefficient (Wildman–Crippen LogP) is 2.42. The summed E-state index contributed by atoms with van der Waals surface area (Å²) in [7, 11) is 0. The molecule has 4 rings (SSSR count).